The number of benzene rings is 1. The monoisotopic (exact) mass is 298 g/mol. The molecule has 0 aliphatic carbocycles. The van der Waals surface area contributed by atoms with Crippen molar-refractivity contribution < 1.29 is 9.53 Å². The average molecular weight is 299 g/mol. The van der Waals surface area contributed by atoms with Crippen molar-refractivity contribution in [2.75, 3.05) is 13.7 Å². The van der Waals surface area contributed by atoms with Gasteiger partial charge < -0.3 is 15.4 Å². The highest BCUT2D eigenvalue weighted by Crippen LogP contribution is 2.17. The van der Waals surface area contributed by atoms with Gasteiger partial charge in [0.05, 0.1) is 19.2 Å². The minimum absolute atomic E-state index is 0. The third kappa shape index (κ3) is 4.39. The zero-order valence-electron chi connectivity index (χ0n) is 12.0. The summed E-state index contributed by atoms with van der Waals surface area (Å²) in [6.45, 7) is 2.94. The first-order chi connectivity index (χ1) is 9.20. The fourth-order valence-corrected chi connectivity index (χ4v) is 2.37. The zero-order chi connectivity index (χ0) is 13.7. The van der Waals surface area contributed by atoms with Gasteiger partial charge in [-0.25, -0.2) is 0 Å². The van der Waals surface area contributed by atoms with Gasteiger partial charge in [-0.15, -0.1) is 12.4 Å². The Hall–Kier alpha value is -1.26. The van der Waals surface area contributed by atoms with Crippen LogP contribution in [0.15, 0.2) is 24.3 Å². The number of hydrogen-bond donors (Lipinski definition) is 2. The molecule has 0 radical (unpaired) electrons. The molecule has 112 valence electrons. The van der Waals surface area contributed by atoms with E-state index in [1.807, 2.05) is 31.2 Å². The van der Waals surface area contributed by atoms with Crippen molar-refractivity contribution >= 4 is 18.3 Å². The van der Waals surface area contributed by atoms with Gasteiger partial charge in [0.25, 0.3) is 0 Å². The molecule has 1 unspecified atom stereocenters. The van der Waals surface area contributed by atoms with Crippen LogP contribution in [-0.4, -0.2) is 25.6 Å². The second-order valence-electron chi connectivity index (χ2n) is 5.01. The zero-order valence-corrected chi connectivity index (χ0v) is 12.8. The molecule has 20 heavy (non-hydrogen) atoms. The second-order valence-corrected chi connectivity index (χ2v) is 5.01. The van der Waals surface area contributed by atoms with Gasteiger partial charge in [-0.3, -0.25) is 4.79 Å². The van der Waals surface area contributed by atoms with Crippen LogP contribution in [0, 0.1) is 0 Å². The van der Waals surface area contributed by atoms with Crippen LogP contribution in [0.4, 0.5) is 0 Å². The van der Waals surface area contributed by atoms with Crippen molar-refractivity contribution in [2.24, 2.45) is 0 Å². The van der Waals surface area contributed by atoms with Crippen molar-refractivity contribution in [2.45, 2.75) is 38.3 Å². The standard InChI is InChI=1S/C15H22N2O2.ClH/c1-11(12-6-8-13(19-2)9-7-12)17-15(18)14-5-3-4-10-16-14;/h6-9,11,14,16H,3-5,10H2,1-2H3,(H,17,18);1H/t11?,14-;/m1./s1. The summed E-state index contributed by atoms with van der Waals surface area (Å²) in [5, 5.41) is 6.32. The molecular weight excluding hydrogens is 276 g/mol. The predicted molar refractivity (Wildman–Crippen MR) is 82.4 cm³/mol. The molecule has 0 saturated carbocycles. The predicted octanol–water partition coefficient (Wildman–Crippen LogP) is 2.44. The first kappa shape index (κ1) is 16.8. The smallest absolute Gasteiger partial charge is 0.237 e. The van der Waals surface area contributed by atoms with Crippen LogP contribution in [-0.2, 0) is 4.79 Å². The molecule has 1 aliphatic rings. The Balaban J connectivity index is 0.00000200. The molecule has 0 bridgehead atoms. The minimum atomic E-state index is -0.0329. The van der Waals surface area contributed by atoms with Gasteiger partial charge in [-0.1, -0.05) is 18.6 Å². The van der Waals surface area contributed by atoms with Crippen LogP contribution >= 0.6 is 12.4 Å². The number of hydrogen-bond acceptors (Lipinski definition) is 3. The SMILES string of the molecule is COc1ccc(C(C)NC(=O)[C@H]2CCCCN2)cc1.Cl. The molecular formula is C15H23ClN2O2. The maximum Gasteiger partial charge on any atom is 0.237 e. The first-order valence-corrected chi connectivity index (χ1v) is 6.88. The Morgan fingerprint density at radius 1 is 1.35 bits per heavy atom. The molecule has 2 N–H and O–H groups in total. The highest BCUT2D eigenvalue weighted by Gasteiger charge is 2.21. The van der Waals surface area contributed by atoms with Gasteiger partial charge in [0.1, 0.15) is 5.75 Å². The van der Waals surface area contributed by atoms with Crippen molar-refractivity contribution in [3.8, 4) is 5.75 Å². The van der Waals surface area contributed by atoms with Crippen LogP contribution in [0.3, 0.4) is 0 Å². The molecule has 0 spiro atoms. The van der Waals surface area contributed by atoms with Crippen LogP contribution in [0.2, 0.25) is 0 Å². The molecule has 1 saturated heterocycles. The van der Waals surface area contributed by atoms with E-state index in [2.05, 4.69) is 10.6 Å². The second kappa shape index (κ2) is 8.12. The number of carbonyl (C=O) groups is 1. The maximum absolute atomic E-state index is 12.1. The van der Waals surface area contributed by atoms with E-state index >= 15 is 0 Å². The van der Waals surface area contributed by atoms with E-state index in [1.54, 1.807) is 7.11 Å². The van der Waals surface area contributed by atoms with Crippen molar-refractivity contribution in [1.29, 1.82) is 0 Å². The summed E-state index contributed by atoms with van der Waals surface area (Å²) in [4.78, 5) is 12.1. The number of carbonyl (C=O) groups excluding carboxylic acids is 1. The molecule has 0 aromatic heterocycles. The minimum Gasteiger partial charge on any atom is -0.497 e. The van der Waals surface area contributed by atoms with E-state index in [4.69, 9.17) is 4.74 Å². The number of halogens is 1. The van der Waals surface area contributed by atoms with Gasteiger partial charge >= 0.3 is 0 Å². The van der Waals surface area contributed by atoms with Gasteiger partial charge in [0.2, 0.25) is 5.91 Å². The first-order valence-electron chi connectivity index (χ1n) is 6.88. The largest absolute Gasteiger partial charge is 0.497 e. The lowest BCUT2D eigenvalue weighted by molar-refractivity contribution is -0.124. The molecule has 1 aromatic rings. The quantitative estimate of drug-likeness (QED) is 0.897. The highest BCUT2D eigenvalue weighted by atomic mass is 35.5. The molecule has 4 nitrogen and oxygen atoms in total. The summed E-state index contributed by atoms with van der Waals surface area (Å²) in [6.07, 6.45) is 3.22. The van der Waals surface area contributed by atoms with Crippen LogP contribution in [0.5, 0.6) is 5.75 Å². The fraction of sp³-hybridized carbons (Fsp3) is 0.533. The maximum atomic E-state index is 12.1. The number of ether oxygens (including phenoxy) is 1. The Labute approximate surface area is 126 Å². The number of nitrogens with one attached hydrogen (secondary N) is 2. The van der Waals surface area contributed by atoms with E-state index < -0.39 is 0 Å². The summed E-state index contributed by atoms with van der Waals surface area (Å²) in [6, 6.07) is 7.78. The van der Waals surface area contributed by atoms with Crippen molar-refractivity contribution in [3.05, 3.63) is 29.8 Å². The normalized spacial score (nSPS) is 19.6. The Morgan fingerprint density at radius 3 is 2.60 bits per heavy atom. The fourth-order valence-electron chi connectivity index (χ4n) is 2.37. The van der Waals surface area contributed by atoms with E-state index in [0.29, 0.717) is 0 Å². The summed E-state index contributed by atoms with van der Waals surface area (Å²) in [5.41, 5.74) is 1.09. The van der Waals surface area contributed by atoms with Crippen molar-refractivity contribution in [3.63, 3.8) is 0 Å². The topological polar surface area (TPSA) is 50.4 Å². The third-order valence-corrected chi connectivity index (χ3v) is 3.60. The van der Waals surface area contributed by atoms with Crippen LogP contribution < -0.4 is 15.4 Å². The van der Waals surface area contributed by atoms with Gasteiger partial charge in [0.15, 0.2) is 0 Å². The summed E-state index contributed by atoms with van der Waals surface area (Å²) in [5.74, 6) is 0.930. The lowest BCUT2D eigenvalue weighted by atomic mass is 10.0. The van der Waals surface area contributed by atoms with Crippen molar-refractivity contribution in [1.82, 2.24) is 10.6 Å². The molecule has 5 heteroatoms. The van der Waals surface area contributed by atoms with E-state index in [-0.39, 0.29) is 30.4 Å². The molecule has 1 amide bonds. The lowest BCUT2D eigenvalue weighted by Crippen LogP contribution is -2.47. The molecule has 1 fully saturated rings. The molecule has 1 aromatic carbocycles. The number of rotatable bonds is 4. The Morgan fingerprint density at radius 2 is 2.05 bits per heavy atom. The van der Waals surface area contributed by atoms with E-state index in [1.165, 1.54) is 0 Å². The highest BCUT2D eigenvalue weighted by molar-refractivity contribution is 5.85. The Kier molecular flexibility index (Phi) is 6.82. The number of methoxy groups -OCH3 is 1. The molecule has 2 rings (SSSR count). The van der Waals surface area contributed by atoms with Crippen LogP contribution in [0.1, 0.15) is 37.8 Å². The summed E-state index contributed by atoms with van der Waals surface area (Å²) < 4.78 is 5.13. The summed E-state index contributed by atoms with van der Waals surface area (Å²) >= 11 is 0. The van der Waals surface area contributed by atoms with Gasteiger partial charge in [-0.2, -0.15) is 0 Å². The number of piperidine rings is 1. The number of amides is 1. The average Bonchev–Trinajstić information content (AvgIpc) is 2.48. The van der Waals surface area contributed by atoms with E-state index in [0.717, 1.165) is 37.1 Å². The van der Waals surface area contributed by atoms with Gasteiger partial charge in [0, 0.05) is 0 Å². The molecule has 2 atom stereocenters. The Bertz CT molecular complexity index is 416. The molecule has 1 heterocycles. The third-order valence-electron chi connectivity index (χ3n) is 3.60. The van der Waals surface area contributed by atoms with E-state index in [9.17, 15) is 4.79 Å². The summed E-state index contributed by atoms with van der Waals surface area (Å²) in [7, 11) is 1.65. The van der Waals surface area contributed by atoms with Crippen LogP contribution in [0.25, 0.3) is 0 Å². The lowest BCUT2D eigenvalue weighted by Gasteiger charge is -2.24. The van der Waals surface area contributed by atoms with Gasteiger partial charge in [-0.05, 0) is 44.0 Å². The molecule has 1 aliphatic heterocycles.